The minimum atomic E-state index is -4.66. The molecule has 0 fully saturated rings. The van der Waals surface area contributed by atoms with E-state index in [1.54, 1.807) is 12.1 Å². The highest BCUT2D eigenvalue weighted by atomic mass is 32.2. The predicted octanol–water partition coefficient (Wildman–Crippen LogP) is 7.78. The molecule has 7 N–H and O–H groups in total. The van der Waals surface area contributed by atoms with Gasteiger partial charge in [0.05, 0.1) is 126 Å². The zero-order valence-electron chi connectivity index (χ0n) is 83.4. The normalized spacial score (nSPS) is 18.5. The number of imide groups is 1. The first-order valence-electron chi connectivity index (χ1n) is 41.8. The van der Waals surface area contributed by atoms with Crippen molar-refractivity contribution in [3.8, 4) is 46.0 Å². The largest absolute Gasteiger partial charge is 0.493 e. The van der Waals surface area contributed by atoms with Crippen LogP contribution in [-0.4, -0.2) is 174 Å². The Bertz CT molecular complexity index is 5400. The van der Waals surface area contributed by atoms with Crippen molar-refractivity contribution in [1.82, 2.24) is 4.90 Å². The molecule has 0 aliphatic carbocycles. The summed E-state index contributed by atoms with van der Waals surface area (Å²) in [5.41, 5.74) is 2.20. The van der Waals surface area contributed by atoms with Crippen molar-refractivity contribution >= 4 is 102 Å². The van der Waals surface area contributed by atoms with Crippen LogP contribution in [0.2, 0.25) is 0 Å². The summed E-state index contributed by atoms with van der Waals surface area (Å²) in [4.78, 5) is 92.1. The summed E-state index contributed by atoms with van der Waals surface area (Å²) in [6.07, 6.45) is 2.37. The van der Waals surface area contributed by atoms with Crippen LogP contribution in [0.3, 0.4) is 0 Å². The first-order valence-corrected chi connectivity index (χ1v) is 33.0. The molecule has 33 heteroatoms. The van der Waals surface area contributed by atoms with E-state index in [4.69, 9.17) is 94.3 Å². The van der Waals surface area contributed by atoms with Gasteiger partial charge >= 0.3 is 11.9 Å². The topological polar surface area (TPSA) is 422 Å². The number of aldehydes is 1. The lowest BCUT2D eigenvalue weighted by Crippen LogP contribution is -2.37. The van der Waals surface area contributed by atoms with Gasteiger partial charge in [0.15, 0.2) is 46.0 Å². The van der Waals surface area contributed by atoms with E-state index in [2.05, 4.69) is 20.1 Å². The molecule has 3 atom stereocenters. The maximum absolute atomic E-state index is 13.6. The van der Waals surface area contributed by atoms with Crippen molar-refractivity contribution < 1.29 is 151 Å². The maximum Gasteiger partial charge on any atom is 0.349 e. The number of carboxylic acids is 1. The van der Waals surface area contributed by atoms with Crippen molar-refractivity contribution in [3.63, 3.8) is 0 Å². The zero-order chi connectivity index (χ0) is 100. The number of sulfone groups is 3. The number of hydrogen-bond donors (Lipinski definition) is 5. The molecule has 0 aromatic heterocycles. The first-order chi connectivity index (χ1) is 58.0. The molecule has 0 bridgehead atoms. The second-order valence-corrected chi connectivity index (χ2v) is 24.8. The fourth-order valence-corrected chi connectivity index (χ4v) is 10.0. The van der Waals surface area contributed by atoms with E-state index in [1.807, 2.05) is 0 Å². The lowest BCUT2D eigenvalue weighted by molar-refractivity contribution is -0.134. The summed E-state index contributed by atoms with van der Waals surface area (Å²) < 4.78 is 331. The molecule has 4 amide bonds. The van der Waals surface area contributed by atoms with E-state index in [0.29, 0.717) is 35.6 Å². The number of ether oxygens (including phenoxy) is 9. The maximum atomic E-state index is 13.6. The number of carboxylic acid groups (broad SMARTS) is 1. The summed E-state index contributed by atoms with van der Waals surface area (Å²) in [5.74, 6) is -7.64. The number of nitrogens with one attached hydrogen (secondary N) is 2. The summed E-state index contributed by atoms with van der Waals surface area (Å²) in [6.45, 7) is -21.5. The number of esters is 2. The van der Waals surface area contributed by atoms with Gasteiger partial charge in [0.2, 0.25) is 11.8 Å². The van der Waals surface area contributed by atoms with Gasteiger partial charge < -0.3 is 69.8 Å². The van der Waals surface area contributed by atoms with Gasteiger partial charge in [-0.25, -0.2) is 34.8 Å². The van der Waals surface area contributed by atoms with Crippen molar-refractivity contribution in [3.05, 3.63) is 154 Å². The summed E-state index contributed by atoms with van der Waals surface area (Å²) >= 11 is 0. The van der Waals surface area contributed by atoms with Gasteiger partial charge in [0.1, 0.15) is 35.8 Å². The lowest BCUT2D eigenvalue weighted by atomic mass is 10.1. The molecular formula is C68H87N5O24S4. The number of hydrogen-bond acceptors (Lipinski definition) is 25. The van der Waals surface area contributed by atoms with Crippen LogP contribution >= 0.6 is 13.5 Å². The molecule has 2 heterocycles. The minimum absolute atomic E-state index is 0. The Morgan fingerprint density at radius 3 is 1.30 bits per heavy atom. The fourth-order valence-electron chi connectivity index (χ4n) is 8.19. The van der Waals surface area contributed by atoms with E-state index in [9.17, 15) is 58.8 Å². The first kappa shape index (κ1) is 50.5. The number of carbonyl (C=O) groups excluding carboxylic acids is 7. The number of cyclic esters (lactones) is 2. The highest BCUT2D eigenvalue weighted by Gasteiger charge is 2.43. The highest BCUT2D eigenvalue weighted by Crippen LogP contribution is 2.39. The third-order valence-corrected chi connectivity index (χ3v) is 14.0. The van der Waals surface area contributed by atoms with Crippen LogP contribution in [0, 0.1) is 0 Å². The number of anilines is 2. The molecule has 8 rings (SSSR count). The average Bonchev–Trinajstić information content (AvgIpc) is 1.64. The van der Waals surface area contributed by atoms with Gasteiger partial charge in [0, 0.05) is 81.9 Å². The van der Waals surface area contributed by atoms with E-state index >= 15 is 0 Å². The highest BCUT2D eigenvalue weighted by molar-refractivity contribution is 7.91. The molecule has 2 aliphatic heterocycles. The molecule has 1 unspecified atom stereocenters. The lowest BCUT2D eigenvalue weighted by Gasteiger charge is -2.27. The Morgan fingerprint density at radius 1 is 0.535 bits per heavy atom. The quantitative estimate of drug-likeness (QED) is 0.0158. The number of aliphatic carboxylic acids is 1. The molecule has 29 nitrogen and oxygen atoms in total. The standard InChI is InChI=1S/C22H24N2O7S.2C12H19NO4S.C10H7NO4.C10H12O3.C2H4O2.H2S/c1-5-31-19-11-14(9-10-18(19)30-3)17(12-32(4,28)29)24-21(26)15-7-6-8-16(23-13(2)25)20(15)22(24)27;2*1-4-17-12-7-9(5-6-11(12)16-2)10(13)8-18(3,14)15;1-5(12)11-7-4-2-3-6-8(7)10(14)15-9(6)13;1-3-13-10-6-8(7-11)4-5-9(10)12-2;1-2(3)4;/h6-11,17H,5,12H2,1-4H3,(H,23,25);2*5-7,10H,4,8,13H2,1-3H3;2-4H,1H3,(H,11,12);4-7H,3H2,1-2H3;1H3,(H,3,4);1H2/t17-;10-;;;;;/m11...../s1/i1D3,5D2,12D2;2*1D3,4D2,8D2;;1D3,2D3,3D2;;. The van der Waals surface area contributed by atoms with Crippen molar-refractivity contribution in [2.24, 2.45) is 11.5 Å². The molecule has 2 aliphatic rings. The van der Waals surface area contributed by atoms with Gasteiger partial charge in [-0.1, -0.05) is 30.3 Å². The number of carbonyl (C=O) groups is 8. The van der Waals surface area contributed by atoms with E-state index < -0.39 is 178 Å². The molecule has 6 aromatic rings. The zero-order valence-corrected chi connectivity index (χ0v) is 57.8. The van der Waals surface area contributed by atoms with E-state index in [1.165, 1.54) is 82.7 Å². The van der Waals surface area contributed by atoms with Gasteiger partial charge in [-0.2, -0.15) is 13.5 Å². The Labute approximate surface area is 635 Å². The molecule has 6 aromatic carbocycles. The molecule has 0 saturated heterocycles. The smallest absolute Gasteiger partial charge is 0.349 e. The average molecular weight is 1520 g/mol. The Morgan fingerprint density at radius 2 is 0.911 bits per heavy atom. The van der Waals surface area contributed by atoms with Gasteiger partial charge in [-0.15, -0.1) is 0 Å². The van der Waals surface area contributed by atoms with Crippen LogP contribution in [0.25, 0.3) is 0 Å². The Hall–Kier alpha value is -9.80. The van der Waals surface area contributed by atoms with Crippen molar-refractivity contribution in [2.45, 2.75) is 66.3 Å². The third kappa shape index (κ3) is 27.7. The molecule has 0 saturated carbocycles. The summed E-state index contributed by atoms with van der Waals surface area (Å²) in [6, 6.07) is 16.8. The summed E-state index contributed by atoms with van der Waals surface area (Å²) in [7, 11) is -12.2. The second kappa shape index (κ2) is 41.1. The number of methoxy groups -OCH3 is 4. The number of rotatable bonds is 25. The van der Waals surface area contributed by atoms with Crippen LogP contribution in [0.5, 0.6) is 46.0 Å². The van der Waals surface area contributed by atoms with Gasteiger partial charge in [-0.05, 0) is 123 Å². The second-order valence-electron chi connectivity index (χ2n) is 19.5. The predicted molar refractivity (Wildman–Crippen MR) is 383 cm³/mol. The van der Waals surface area contributed by atoms with E-state index in [-0.39, 0.29) is 98.3 Å². The van der Waals surface area contributed by atoms with Crippen molar-refractivity contribution in [2.75, 3.05) is 101 Å². The van der Waals surface area contributed by atoms with E-state index in [0.717, 1.165) is 56.5 Å². The van der Waals surface area contributed by atoms with Crippen LogP contribution in [-0.2, 0) is 48.6 Å². The number of amides is 4. The number of nitrogens with two attached hydrogens (primary N) is 2. The van der Waals surface area contributed by atoms with Crippen molar-refractivity contribution in [1.29, 1.82) is 0 Å². The minimum Gasteiger partial charge on any atom is -0.493 e. The number of fused-ring (bicyclic) bond motifs is 2. The van der Waals surface area contributed by atoms with Gasteiger partial charge in [0.25, 0.3) is 17.8 Å². The molecule has 0 radical (unpaired) electrons. The third-order valence-electron chi connectivity index (χ3n) is 12.0. The summed E-state index contributed by atoms with van der Waals surface area (Å²) in [5, 5.41) is 12.3. The van der Waals surface area contributed by atoms with Crippen LogP contribution in [0.15, 0.2) is 109 Å². The molecule has 101 heavy (non-hydrogen) atoms. The molecule has 552 valence electrons. The Kier molecular flexibility index (Phi) is 20.5. The van der Waals surface area contributed by atoms with Crippen LogP contribution < -0.4 is 60.0 Å². The van der Waals surface area contributed by atoms with Gasteiger partial charge in [-0.3, -0.25) is 33.7 Å². The Balaban J connectivity index is 0.000000560. The van der Waals surface area contributed by atoms with Crippen LogP contribution in [0.1, 0.15) is 175 Å². The number of benzene rings is 6. The SMILES string of the molecule is CC(=O)Nc1cccc2c1C(=O)OC2=O.CC(=O)O.S.[2H]C([2H])([2H])C([2H])([2H])Oc1cc(C(N)C([2H])([2H])S(C)(=O)=O)ccc1OC.[2H]C([2H])([2H])C([2H])([2H])Oc1cc([C@H](N)C([2H])([2H])S(C)(=O)=O)ccc1OC.[2H]C([2H])([2H])C([2H])([2H])Oc1cc([C@H](N2C(=O)c3cccc(NC(C)=O)c3C2=O)C([2H])([2H])S(C)(=O)=O)ccc1OC.[2H]C([2H])([2H])Oc1ccc(C=O)cc1OC([2H])([2H])C([2H])([2H])[2H]. The monoisotopic (exact) mass is 1510 g/mol. The molecular weight excluding hydrogens is 1400 g/mol. The fraction of sp³-hybridized carbons (Fsp3) is 0.353. The molecule has 0 spiro atoms. The van der Waals surface area contributed by atoms with Crippen LogP contribution in [0.4, 0.5) is 11.4 Å². The number of nitrogens with zero attached hydrogens (tertiary/aromatic N) is 1.